The van der Waals surface area contributed by atoms with Crippen LogP contribution in [0.3, 0.4) is 0 Å². The van der Waals surface area contributed by atoms with Gasteiger partial charge in [-0.1, -0.05) is 48.5 Å². The summed E-state index contributed by atoms with van der Waals surface area (Å²) in [6, 6.07) is 18.8. The number of nitrogens with zero attached hydrogens (tertiary/aromatic N) is 1. The fourth-order valence-corrected chi connectivity index (χ4v) is 2.35. The minimum Gasteiger partial charge on any atom is -0.393 e. The predicted molar refractivity (Wildman–Crippen MR) is 80.5 cm³/mol. The molecule has 0 saturated carbocycles. The van der Waals surface area contributed by atoms with Gasteiger partial charge in [0.2, 0.25) is 0 Å². The Morgan fingerprint density at radius 1 is 0.950 bits per heavy atom. The Bertz CT molecular complexity index is 807. The van der Waals surface area contributed by atoms with Gasteiger partial charge < -0.3 is 5.73 Å². The third-order valence-corrected chi connectivity index (χ3v) is 3.33. The van der Waals surface area contributed by atoms with Crippen molar-refractivity contribution < 1.29 is 4.92 Å². The summed E-state index contributed by atoms with van der Waals surface area (Å²) in [5.41, 5.74) is 7.52. The molecule has 0 atom stereocenters. The number of anilines is 1. The number of benzene rings is 3. The Hall–Kier alpha value is -2.88. The molecular formula is C16H12N2O2. The summed E-state index contributed by atoms with van der Waals surface area (Å²) in [6.45, 7) is 0. The quantitative estimate of drug-likeness (QED) is 0.432. The fourth-order valence-electron chi connectivity index (χ4n) is 2.35. The molecule has 0 fully saturated rings. The number of nitro benzene ring substituents is 1. The van der Waals surface area contributed by atoms with Crippen LogP contribution in [0.15, 0.2) is 60.7 Å². The normalized spacial score (nSPS) is 10.6. The van der Waals surface area contributed by atoms with Crippen molar-refractivity contribution in [1.29, 1.82) is 0 Å². The summed E-state index contributed by atoms with van der Waals surface area (Å²) < 4.78 is 0. The van der Waals surface area contributed by atoms with E-state index in [0.29, 0.717) is 0 Å². The highest BCUT2D eigenvalue weighted by molar-refractivity contribution is 5.97. The largest absolute Gasteiger partial charge is 0.393 e. The van der Waals surface area contributed by atoms with Crippen LogP contribution in [-0.4, -0.2) is 4.92 Å². The standard InChI is InChI=1S/C16H12N2O2/c17-15-9-8-12(10-16(15)18(19)20)14-7-3-5-11-4-1-2-6-13(11)14/h1-10H,17H2. The highest BCUT2D eigenvalue weighted by atomic mass is 16.6. The maximum atomic E-state index is 11.0. The molecule has 0 aliphatic carbocycles. The van der Waals surface area contributed by atoms with Gasteiger partial charge in [-0.25, -0.2) is 0 Å². The van der Waals surface area contributed by atoms with Crippen molar-refractivity contribution in [3.05, 3.63) is 70.8 Å². The number of hydrogen-bond acceptors (Lipinski definition) is 3. The Labute approximate surface area is 115 Å². The monoisotopic (exact) mass is 264 g/mol. The van der Waals surface area contributed by atoms with Crippen LogP contribution in [-0.2, 0) is 0 Å². The first-order valence-corrected chi connectivity index (χ1v) is 6.19. The fraction of sp³-hybridized carbons (Fsp3) is 0. The van der Waals surface area contributed by atoms with Crippen molar-refractivity contribution in [3.8, 4) is 11.1 Å². The zero-order valence-corrected chi connectivity index (χ0v) is 10.6. The summed E-state index contributed by atoms with van der Waals surface area (Å²) in [7, 11) is 0. The molecule has 0 amide bonds. The van der Waals surface area contributed by atoms with Gasteiger partial charge in [0.25, 0.3) is 5.69 Å². The Morgan fingerprint density at radius 3 is 2.50 bits per heavy atom. The average Bonchev–Trinajstić information content (AvgIpc) is 2.47. The highest BCUT2D eigenvalue weighted by Gasteiger charge is 2.13. The second-order valence-corrected chi connectivity index (χ2v) is 4.56. The van der Waals surface area contributed by atoms with Gasteiger partial charge in [-0.15, -0.1) is 0 Å². The van der Waals surface area contributed by atoms with E-state index in [1.54, 1.807) is 6.07 Å². The van der Waals surface area contributed by atoms with Crippen LogP contribution in [0.25, 0.3) is 21.9 Å². The maximum absolute atomic E-state index is 11.0. The minimum absolute atomic E-state index is 0.0598. The van der Waals surface area contributed by atoms with E-state index in [4.69, 9.17) is 5.73 Å². The first-order valence-electron chi connectivity index (χ1n) is 6.19. The second kappa shape index (κ2) is 4.66. The van der Waals surface area contributed by atoms with Crippen LogP contribution in [0.5, 0.6) is 0 Å². The summed E-state index contributed by atoms with van der Waals surface area (Å²) in [5, 5.41) is 13.2. The van der Waals surface area contributed by atoms with Crippen molar-refractivity contribution in [3.63, 3.8) is 0 Å². The summed E-state index contributed by atoms with van der Waals surface area (Å²) in [6.07, 6.45) is 0. The second-order valence-electron chi connectivity index (χ2n) is 4.56. The zero-order chi connectivity index (χ0) is 14.1. The van der Waals surface area contributed by atoms with Gasteiger partial charge in [0.1, 0.15) is 5.69 Å². The lowest BCUT2D eigenvalue weighted by Gasteiger charge is -2.07. The zero-order valence-electron chi connectivity index (χ0n) is 10.6. The maximum Gasteiger partial charge on any atom is 0.292 e. The molecule has 4 heteroatoms. The first kappa shape index (κ1) is 12.2. The van der Waals surface area contributed by atoms with Gasteiger partial charge in [0, 0.05) is 6.07 Å². The number of nitrogen functional groups attached to an aromatic ring is 1. The molecule has 3 aromatic carbocycles. The number of hydrogen-bond donors (Lipinski definition) is 1. The lowest BCUT2D eigenvalue weighted by atomic mass is 9.98. The lowest BCUT2D eigenvalue weighted by molar-refractivity contribution is -0.383. The molecule has 0 aromatic heterocycles. The third-order valence-electron chi connectivity index (χ3n) is 3.33. The Kier molecular flexibility index (Phi) is 2.84. The summed E-state index contributed by atoms with van der Waals surface area (Å²) in [5.74, 6) is 0. The van der Waals surface area contributed by atoms with Crippen LogP contribution in [0.1, 0.15) is 0 Å². The van der Waals surface area contributed by atoms with Crippen molar-refractivity contribution in [1.82, 2.24) is 0 Å². The van der Waals surface area contributed by atoms with Gasteiger partial charge in [0.15, 0.2) is 0 Å². The molecule has 0 spiro atoms. The van der Waals surface area contributed by atoms with Crippen LogP contribution >= 0.6 is 0 Å². The van der Waals surface area contributed by atoms with Crippen molar-refractivity contribution in [2.75, 3.05) is 5.73 Å². The summed E-state index contributed by atoms with van der Waals surface area (Å²) in [4.78, 5) is 10.5. The molecule has 0 unspecified atom stereocenters. The van der Waals surface area contributed by atoms with E-state index in [0.717, 1.165) is 21.9 Å². The topological polar surface area (TPSA) is 69.2 Å². The number of nitro groups is 1. The molecule has 0 radical (unpaired) electrons. The Balaban J connectivity index is 2.26. The van der Waals surface area contributed by atoms with Gasteiger partial charge in [-0.05, 0) is 28.0 Å². The van der Waals surface area contributed by atoms with Crippen molar-refractivity contribution >= 4 is 22.1 Å². The van der Waals surface area contributed by atoms with E-state index >= 15 is 0 Å². The summed E-state index contributed by atoms with van der Waals surface area (Å²) >= 11 is 0. The van der Waals surface area contributed by atoms with E-state index < -0.39 is 4.92 Å². The van der Waals surface area contributed by atoms with E-state index in [1.165, 1.54) is 6.07 Å². The molecular weight excluding hydrogens is 252 g/mol. The van der Waals surface area contributed by atoms with Gasteiger partial charge >= 0.3 is 0 Å². The van der Waals surface area contributed by atoms with E-state index in [2.05, 4.69) is 0 Å². The number of fused-ring (bicyclic) bond motifs is 1. The molecule has 0 aliphatic rings. The molecule has 20 heavy (non-hydrogen) atoms. The lowest BCUT2D eigenvalue weighted by Crippen LogP contribution is -1.95. The first-order chi connectivity index (χ1) is 9.66. The van der Waals surface area contributed by atoms with Crippen LogP contribution < -0.4 is 5.73 Å². The molecule has 2 N–H and O–H groups in total. The Morgan fingerprint density at radius 2 is 1.70 bits per heavy atom. The van der Waals surface area contributed by atoms with E-state index in [-0.39, 0.29) is 11.4 Å². The molecule has 0 heterocycles. The molecule has 0 saturated heterocycles. The van der Waals surface area contributed by atoms with Gasteiger partial charge in [-0.2, -0.15) is 0 Å². The van der Waals surface area contributed by atoms with E-state index in [1.807, 2.05) is 48.5 Å². The molecule has 0 bridgehead atoms. The van der Waals surface area contributed by atoms with Crippen LogP contribution in [0.2, 0.25) is 0 Å². The van der Waals surface area contributed by atoms with E-state index in [9.17, 15) is 10.1 Å². The highest BCUT2D eigenvalue weighted by Crippen LogP contribution is 2.32. The van der Waals surface area contributed by atoms with Gasteiger partial charge in [0.05, 0.1) is 4.92 Å². The minimum atomic E-state index is -0.454. The predicted octanol–water partition coefficient (Wildman–Crippen LogP) is 4.00. The van der Waals surface area contributed by atoms with Crippen LogP contribution in [0, 0.1) is 10.1 Å². The third kappa shape index (κ3) is 1.97. The molecule has 3 aromatic rings. The van der Waals surface area contributed by atoms with Crippen molar-refractivity contribution in [2.45, 2.75) is 0 Å². The number of rotatable bonds is 2. The molecule has 0 aliphatic heterocycles. The molecule has 98 valence electrons. The smallest absolute Gasteiger partial charge is 0.292 e. The average molecular weight is 264 g/mol. The van der Waals surface area contributed by atoms with Crippen LogP contribution in [0.4, 0.5) is 11.4 Å². The number of nitrogens with two attached hydrogens (primary N) is 1. The van der Waals surface area contributed by atoms with Gasteiger partial charge in [-0.3, -0.25) is 10.1 Å². The van der Waals surface area contributed by atoms with Crippen molar-refractivity contribution in [2.24, 2.45) is 0 Å². The molecule has 3 rings (SSSR count). The SMILES string of the molecule is Nc1ccc(-c2cccc3ccccc23)cc1[N+](=O)[O-]. The molecule has 4 nitrogen and oxygen atoms in total.